The second kappa shape index (κ2) is 7.46. The van der Waals surface area contributed by atoms with Crippen molar-refractivity contribution in [3.05, 3.63) is 33.8 Å². The molecule has 5 fully saturated rings. The van der Waals surface area contributed by atoms with Gasteiger partial charge in [0, 0.05) is 30.1 Å². The van der Waals surface area contributed by atoms with E-state index in [1.165, 1.54) is 19.3 Å². The van der Waals surface area contributed by atoms with Gasteiger partial charge in [0.2, 0.25) is 5.91 Å². The van der Waals surface area contributed by atoms with Crippen LogP contribution in [0.4, 0.5) is 0 Å². The van der Waals surface area contributed by atoms with Crippen LogP contribution >= 0.6 is 23.2 Å². The topological polar surface area (TPSA) is 49.4 Å². The van der Waals surface area contributed by atoms with Crippen molar-refractivity contribution < 1.29 is 9.59 Å². The number of rotatable bonds is 3. The Bertz CT molecular complexity index is 797. The Morgan fingerprint density at radius 2 is 1.52 bits per heavy atom. The van der Waals surface area contributed by atoms with E-state index in [0.717, 1.165) is 49.9 Å². The van der Waals surface area contributed by atoms with Crippen LogP contribution in [0, 0.1) is 23.2 Å². The van der Waals surface area contributed by atoms with Gasteiger partial charge in [0.15, 0.2) is 0 Å². The van der Waals surface area contributed by atoms with E-state index in [2.05, 4.69) is 5.32 Å². The highest BCUT2D eigenvalue weighted by atomic mass is 35.5. The number of carbonyl (C=O) groups excluding carboxylic acids is 2. The van der Waals surface area contributed by atoms with E-state index in [1.807, 2.05) is 4.90 Å². The lowest BCUT2D eigenvalue weighted by Gasteiger charge is -2.56. The van der Waals surface area contributed by atoms with Crippen LogP contribution in [0.5, 0.6) is 0 Å². The van der Waals surface area contributed by atoms with Crippen molar-refractivity contribution in [1.82, 2.24) is 10.2 Å². The third-order valence-electron chi connectivity index (χ3n) is 7.80. The van der Waals surface area contributed by atoms with Crippen LogP contribution in [0.2, 0.25) is 10.0 Å². The maximum Gasteiger partial charge on any atom is 0.253 e. The first-order valence-electron chi connectivity index (χ1n) is 11.0. The SMILES string of the molecule is O=C(c1ccc(Cl)c(Cl)c1)N1CCC(NC(=O)C23CC4CC(CC(C4)C2)C3)CC1. The van der Waals surface area contributed by atoms with Gasteiger partial charge in [0.05, 0.1) is 10.0 Å². The van der Waals surface area contributed by atoms with Gasteiger partial charge in [-0.3, -0.25) is 9.59 Å². The largest absolute Gasteiger partial charge is 0.353 e. The van der Waals surface area contributed by atoms with Crippen molar-refractivity contribution >= 4 is 35.0 Å². The fourth-order valence-electron chi connectivity index (χ4n) is 6.77. The number of nitrogens with one attached hydrogen (secondary N) is 1. The standard InChI is InChI=1S/C23H28Cl2N2O2/c24-19-2-1-17(10-20(19)25)21(28)27-5-3-18(4-6-27)26-22(29)23-11-14-7-15(12-23)9-16(8-14)13-23/h1-2,10,14-16,18H,3-9,11-13H2,(H,26,29). The third-order valence-corrected chi connectivity index (χ3v) is 8.54. The molecule has 1 aliphatic heterocycles. The Labute approximate surface area is 182 Å². The number of hydrogen-bond donors (Lipinski definition) is 1. The van der Waals surface area contributed by atoms with Gasteiger partial charge in [-0.2, -0.15) is 0 Å². The Hall–Kier alpha value is -1.26. The lowest BCUT2D eigenvalue weighted by Crippen LogP contribution is -2.56. The summed E-state index contributed by atoms with van der Waals surface area (Å²) in [6, 6.07) is 5.19. The van der Waals surface area contributed by atoms with Crippen LogP contribution in [0.15, 0.2) is 18.2 Å². The van der Waals surface area contributed by atoms with Gasteiger partial charge in [0.25, 0.3) is 5.91 Å². The zero-order valence-electron chi connectivity index (χ0n) is 16.6. The van der Waals surface area contributed by atoms with E-state index in [4.69, 9.17) is 23.2 Å². The maximum absolute atomic E-state index is 13.3. The fraction of sp³-hybridized carbons (Fsp3) is 0.652. The Kier molecular flexibility index (Phi) is 5.06. The van der Waals surface area contributed by atoms with Gasteiger partial charge in [-0.05, 0) is 87.3 Å². The van der Waals surface area contributed by atoms with Gasteiger partial charge < -0.3 is 10.2 Å². The number of piperidine rings is 1. The van der Waals surface area contributed by atoms with E-state index in [9.17, 15) is 9.59 Å². The molecule has 1 aromatic rings. The second-order valence-corrected chi connectivity index (χ2v) is 10.7. The number of halogens is 2. The van der Waals surface area contributed by atoms with Gasteiger partial charge >= 0.3 is 0 Å². The van der Waals surface area contributed by atoms with Gasteiger partial charge in [-0.25, -0.2) is 0 Å². The predicted octanol–water partition coefficient (Wildman–Crippen LogP) is 4.93. The van der Waals surface area contributed by atoms with Crippen LogP contribution in [0.3, 0.4) is 0 Å². The smallest absolute Gasteiger partial charge is 0.253 e. The lowest BCUT2D eigenvalue weighted by atomic mass is 9.49. The number of likely N-dealkylation sites (tertiary alicyclic amines) is 1. The molecule has 29 heavy (non-hydrogen) atoms. The number of nitrogens with zero attached hydrogens (tertiary/aromatic N) is 1. The van der Waals surface area contributed by atoms with Crippen LogP contribution in [0.25, 0.3) is 0 Å². The number of benzene rings is 1. The first-order valence-corrected chi connectivity index (χ1v) is 11.7. The summed E-state index contributed by atoms with van der Waals surface area (Å²) in [6.07, 6.45) is 8.96. The molecule has 6 heteroatoms. The molecule has 1 N–H and O–H groups in total. The van der Waals surface area contributed by atoms with Crippen molar-refractivity contribution in [1.29, 1.82) is 0 Å². The molecule has 0 radical (unpaired) electrons. The summed E-state index contributed by atoms with van der Waals surface area (Å²) in [5.74, 6) is 2.60. The van der Waals surface area contributed by atoms with E-state index < -0.39 is 0 Å². The third kappa shape index (κ3) is 3.67. The molecule has 2 amide bonds. The number of carbonyl (C=O) groups is 2. The average molecular weight is 435 g/mol. The van der Waals surface area contributed by atoms with E-state index in [-0.39, 0.29) is 17.4 Å². The summed E-state index contributed by atoms with van der Waals surface area (Å²) < 4.78 is 0. The van der Waals surface area contributed by atoms with E-state index in [0.29, 0.717) is 34.6 Å². The highest BCUT2D eigenvalue weighted by Crippen LogP contribution is 2.60. The van der Waals surface area contributed by atoms with E-state index in [1.54, 1.807) is 18.2 Å². The minimum atomic E-state index is -0.0955. The molecule has 0 spiro atoms. The van der Waals surface area contributed by atoms with Gasteiger partial charge in [-0.15, -0.1) is 0 Å². The maximum atomic E-state index is 13.3. The molecule has 0 atom stereocenters. The molecule has 1 heterocycles. The lowest BCUT2D eigenvalue weighted by molar-refractivity contribution is -0.147. The molecule has 0 unspecified atom stereocenters. The molecule has 0 aromatic heterocycles. The van der Waals surface area contributed by atoms with Gasteiger partial charge in [-0.1, -0.05) is 23.2 Å². The Morgan fingerprint density at radius 3 is 2.07 bits per heavy atom. The summed E-state index contributed by atoms with van der Waals surface area (Å²) in [7, 11) is 0. The van der Waals surface area contributed by atoms with Crippen LogP contribution in [-0.4, -0.2) is 35.8 Å². The minimum Gasteiger partial charge on any atom is -0.353 e. The van der Waals surface area contributed by atoms with Crippen molar-refractivity contribution in [3.8, 4) is 0 Å². The number of amides is 2. The molecule has 4 saturated carbocycles. The molecular formula is C23H28Cl2N2O2. The molecule has 5 aliphatic rings. The van der Waals surface area contributed by atoms with Crippen LogP contribution < -0.4 is 5.32 Å². The normalized spacial score (nSPS) is 33.7. The number of hydrogen-bond acceptors (Lipinski definition) is 2. The first kappa shape index (κ1) is 19.7. The van der Waals surface area contributed by atoms with Crippen LogP contribution in [0.1, 0.15) is 61.7 Å². The molecule has 1 saturated heterocycles. The average Bonchev–Trinajstić information content (AvgIpc) is 2.69. The highest BCUT2D eigenvalue weighted by Gasteiger charge is 2.54. The molecule has 4 nitrogen and oxygen atoms in total. The second-order valence-electron chi connectivity index (χ2n) is 9.87. The minimum absolute atomic E-state index is 0.0190. The molecule has 4 bridgehead atoms. The summed E-state index contributed by atoms with van der Waals surface area (Å²) in [4.78, 5) is 27.9. The highest BCUT2D eigenvalue weighted by molar-refractivity contribution is 6.42. The van der Waals surface area contributed by atoms with E-state index >= 15 is 0 Å². The molecule has 6 rings (SSSR count). The fourth-order valence-corrected chi connectivity index (χ4v) is 7.06. The zero-order chi connectivity index (χ0) is 20.2. The van der Waals surface area contributed by atoms with Crippen molar-refractivity contribution in [2.24, 2.45) is 23.2 Å². The van der Waals surface area contributed by atoms with Crippen molar-refractivity contribution in [2.75, 3.05) is 13.1 Å². The molecule has 156 valence electrons. The summed E-state index contributed by atoms with van der Waals surface area (Å²) >= 11 is 12.0. The quantitative estimate of drug-likeness (QED) is 0.732. The first-order chi connectivity index (χ1) is 13.9. The molecular weight excluding hydrogens is 407 g/mol. The monoisotopic (exact) mass is 434 g/mol. The summed E-state index contributed by atoms with van der Waals surface area (Å²) in [6.45, 7) is 1.32. The Balaban J connectivity index is 1.18. The Morgan fingerprint density at radius 1 is 0.931 bits per heavy atom. The van der Waals surface area contributed by atoms with Gasteiger partial charge in [0.1, 0.15) is 0 Å². The van der Waals surface area contributed by atoms with Crippen molar-refractivity contribution in [2.45, 2.75) is 57.4 Å². The predicted molar refractivity (Wildman–Crippen MR) is 114 cm³/mol. The van der Waals surface area contributed by atoms with Crippen molar-refractivity contribution in [3.63, 3.8) is 0 Å². The summed E-state index contributed by atoms with van der Waals surface area (Å²) in [5.41, 5.74) is 0.470. The van der Waals surface area contributed by atoms with Crippen LogP contribution in [-0.2, 0) is 4.79 Å². The molecule has 4 aliphatic carbocycles. The molecule has 1 aromatic carbocycles. The zero-order valence-corrected chi connectivity index (χ0v) is 18.1. The summed E-state index contributed by atoms with van der Waals surface area (Å²) in [5, 5.41) is 4.23.